The van der Waals surface area contributed by atoms with Crippen LogP contribution in [0.15, 0.2) is 5.11 Å². The van der Waals surface area contributed by atoms with Crippen LogP contribution in [-0.4, -0.2) is 29.1 Å². The average molecular weight is 203 g/mol. The molecule has 0 aromatic carbocycles. The highest BCUT2D eigenvalue weighted by Gasteiger charge is 2.01. The van der Waals surface area contributed by atoms with Crippen LogP contribution in [0.4, 0.5) is 0 Å². The molecule has 0 saturated heterocycles. The molecule has 0 aliphatic heterocycles. The Hall–Kier alpha value is -1.63. The minimum atomic E-state index is -0.963. The Bertz CT molecular complexity index is 244. The first-order chi connectivity index (χ1) is 6.32. The van der Waals surface area contributed by atoms with E-state index >= 15 is 0 Å². The molecule has 5 N–H and O–H groups in total. The molecule has 0 fully saturated rings. The molecule has 14 heavy (non-hydrogen) atoms. The molecule has 8 nitrogen and oxygen atoms in total. The fourth-order valence-corrected chi connectivity index (χ4v) is 0.135. The lowest BCUT2D eigenvalue weighted by Gasteiger charge is -1.91. The zero-order valence-corrected chi connectivity index (χ0v) is 7.91. The number of carboxylic acid groups (broad SMARTS) is 1. The number of nitrogens with zero attached hydrogens (tertiary/aromatic N) is 3. The van der Waals surface area contributed by atoms with Gasteiger partial charge >= 0.3 is 5.97 Å². The smallest absolute Gasteiger partial charge is 0.320 e. The molecule has 1 amide bonds. The largest absolute Gasteiger partial charge is 0.480 e. The van der Waals surface area contributed by atoms with Crippen molar-refractivity contribution >= 4 is 11.9 Å². The Kier molecular flexibility index (Phi) is 8.49. The lowest BCUT2D eigenvalue weighted by molar-refractivity contribution is -0.138. The molecule has 0 radical (unpaired) electrons. The second-order valence-corrected chi connectivity index (χ2v) is 2.44. The summed E-state index contributed by atoms with van der Waals surface area (Å²) >= 11 is 0. The summed E-state index contributed by atoms with van der Waals surface area (Å²) in [5, 5.41) is 10.6. The fraction of sp³-hybridized carbons (Fsp3) is 0.667. The Morgan fingerprint density at radius 1 is 1.36 bits per heavy atom. The van der Waals surface area contributed by atoms with Crippen LogP contribution in [0.3, 0.4) is 0 Å². The molecule has 2 unspecified atom stereocenters. The average Bonchev–Trinajstić information content (AvgIpc) is 2.05. The number of carbonyl (C=O) groups excluding carboxylic acids is 1. The highest BCUT2D eigenvalue weighted by Crippen LogP contribution is 1.80. The zero-order valence-electron chi connectivity index (χ0n) is 7.91. The van der Waals surface area contributed by atoms with Gasteiger partial charge < -0.3 is 16.6 Å². The normalized spacial score (nSPS) is 12.6. The number of hydrogen-bond donors (Lipinski definition) is 3. The van der Waals surface area contributed by atoms with Crippen LogP contribution in [0.5, 0.6) is 0 Å². The van der Waals surface area contributed by atoms with Gasteiger partial charge in [0, 0.05) is 4.91 Å². The minimum absolute atomic E-state index is 0.632. The van der Waals surface area contributed by atoms with E-state index in [1.165, 1.54) is 13.8 Å². The van der Waals surface area contributed by atoms with Crippen molar-refractivity contribution in [1.82, 2.24) is 0 Å². The first-order valence-corrected chi connectivity index (χ1v) is 3.65. The molecule has 0 heterocycles. The topological polar surface area (TPSA) is 155 Å². The standard InChI is InChI=1S/C3H6N4O.C3H7NO2/c1-2(4)3(8)6-7-5;1-2(4)3(5)6/h2H,4H2,1H3;2H,4H2,1H3,(H,5,6). The summed E-state index contributed by atoms with van der Waals surface area (Å²) in [7, 11) is 0. The monoisotopic (exact) mass is 203 g/mol. The molecule has 0 saturated carbocycles. The van der Waals surface area contributed by atoms with E-state index in [1.807, 2.05) is 0 Å². The van der Waals surface area contributed by atoms with Gasteiger partial charge in [0.1, 0.15) is 6.04 Å². The Morgan fingerprint density at radius 2 is 1.71 bits per heavy atom. The van der Waals surface area contributed by atoms with Gasteiger partial charge in [-0.3, -0.25) is 9.59 Å². The molecule has 0 aromatic heterocycles. The number of aliphatic carboxylic acids is 1. The molecule has 0 rings (SSSR count). The van der Waals surface area contributed by atoms with Crippen molar-refractivity contribution in [1.29, 1.82) is 0 Å². The van der Waals surface area contributed by atoms with E-state index in [-0.39, 0.29) is 0 Å². The maximum absolute atomic E-state index is 10.2. The van der Waals surface area contributed by atoms with Gasteiger partial charge in [0.25, 0.3) is 0 Å². The van der Waals surface area contributed by atoms with Crippen molar-refractivity contribution in [3.8, 4) is 0 Å². The molecular formula is C6H13N5O3. The van der Waals surface area contributed by atoms with Crippen molar-refractivity contribution in [2.24, 2.45) is 16.6 Å². The number of azide groups is 1. The van der Waals surface area contributed by atoms with Crippen molar-refractivity contribution < 1.29 is 14.7 Å². The van der Waals surface area contributed by atoms with Crippen molar-refractivity contribution in [3.05, 3.63) is 10.4 Å². The van der Waals surface area contributed by atoms with Gasteiger partial charge in [-0.05, 0) is 24.5 Å². The summed E-state index contributed by atoms with van der Waals surface area (Å²) in [6, 6.07) is -1.42. The third-order valence-electron chi connectivity index (χ3n) is 0.922. The molecule has 0 spiro atoms. The molecule has 80 valence electrons. The highest BCUT2D eigenvalue weighted by atomic mass is 16.4. The van der Waals surface area contributed by atoms with Gasteiger partial charge in [-0.2, -0.15) is 0 Å². The van der Waals surface area contributed by atoms with Crippen LogP contribution in [0.25, 0.3) is 10.4 Å². The number of amides is 1. The summed E-state index contributed by atoms with van der Waals surface area (Å²) in [6.45, 7) is 2.87. The Morgan fingerprint density at radius 3 is 1.79 bits per heavy atom. The number of hydrogen-bond acceptors (Lipinski definition) is 4. The first kappa shape index (κ1) is 14.9. The van der Waals surface area contributed by atoms with E-state index in [0.717, 1.165) is 0 Å². The summed E-state index contributed by atoms with van der Waals surface area (Å²) < 4.78 is 0. The van der Waals surface area contributed by atoms with Gasteiger partial charge in [0.05, 0.1) is 6.04 Å². The Labute approximate surface area is 80.5 Å². The van der Waals surface area contributed by atoms with E-state index in [9.17, 15) is 9.59 Å². The van der Waals surface area contributed by atoms with E-state index in [1.54, 1.807) is 0 Å². The summed E-state index contributed by atoms with van der Waals surface area (Å²) in [5.41, 5.74) is 17.5. The van der Waals surface area contributed by atoms with Crippen LogP contribution >= 0.6 is 0 Å². The van der Waals surface area contributed by atoms with E-state index in [2.05, 4.69) is 10.0 Å². The zero-order chi connectivity index (χ0) is 11.7. The number of nitrogens with two attached hydrogens (primary N) is 2. The van der Waals surface area contributed by atoms with E-state index in [4.69, 9.17) is 22.1 Å². The maximum Gasteiger partial charge on any atom is 0.320 e. The third-order valence-corrected chi connectivity index (χ3v) is 0.922. The first-order valence-electron chi connectivity index (χ1n) is 3.65. The number of carboxylic acids is 1. The summed E-state index contributed by atoms with van der Waals surface area (Å²) in [4.78, 5) is 22.0. The second-order valence-electron chi connectivity index (χ2n) is 2.44. The summed E-state index contributed by atoms with van der Waals surface area (Å²) in [5.74, 6) is -1.59. The van der Waals surface area contributed by atoms with Gasteiger partial charge in [-0.1, -0.05) is 0 Å². The van der Waals surface area contributed by atoms with Crippen LogP contribution < -0.4 is 11.5 Å². The molecule has 2 atom stereocenters. The molecule has 0 aliphatic rings. The minimum Gasteiger partial charge on any atom is -0.480 e. The lowest BCUT2D eigenvalue weighted by Crippen LogP contribution is -2.25. The van der Waals surface area contributed by atoms with Crippen molar-refractivity contribution in [2.45, 2.75) is 25.9 Å². The molecule has 8 heteroatoms. The van der Waals surface area contributed by atoms with Crippen LogP contribution in [0.2, 0.25) is 0 Å². The number of carbonyl (C=O) groups is 2. The quantitative estimate of drug-likeness (QED) is 0.316. The SMILES string of the molecule is CC(N)C(=O)N=[N+]=[N-].CC(N)C(=O)O. The predicted octanol–water partition coefficient (Wildman–Crippen LogP) is -0.411. The lowest BCUT2D eigenvalue weighted by atomic mass is 10.4. The van der Waals surface area contributed by atoms with Gasteiger partial charge in [0.15, 0.2) is 0 Å². The Balaban J connectivity index is 0. The maximum atomic E-state index is 10.2. The summed E-state index contributed by atoms with van der Waals surface area (Å²) in [6.07, 6.45) is 0. The second kappa shape index (κ2) is 7.99. The third kappa shape index (κ3) is 10.4. The fourth-order valence-electron chi connectivity index (χ4n) is 0.135. The molecular weight excluding hydrogens is 190 g/mol. The van der Waals surface area contributed by atoms with Crippen molar-refractivity contribution in [3.63, 3.8) is 0 Å². The van der Waals surface area contributed by atoms with Crippen LogP contribution in [0, 0.1) is 0 Å². The van der Waals surface area contributed by atoms with Crippen LogP contribution in [0.1, 0.15) is 13.8 Å². The van der Waals surface area contributed by atoms with Crippen molar-refractivity contribution in [2.75, 3.05) is 0 Å². The predicted molar refractivity (Wildman–Crippen MR) is 49.1 cm³/mol. The van der Waals surface area contributed by atoms with Gasteiger partial charge in [0.2, 0.25) is 5.91 Å². The molecule has 0 aliphatic carbocycles. The molecule has 0 aromatic rings. The highest BCUT2D eigenvalue weighted by molar-refractivity contribution is 5.81. The van der Waals surface area contributed by atoms with E-state index < -0.39 is 24.0 Å². The van der Waals surface area contributed by atoms with E-state index in [0.29, 0.717) is 0 Å². The van der Waals surface area contributed by atoms with Gasteiger partial charge in [-0.15, -0.1) is 0 Å². The molecule has 0 bridgehead atoms. The van der Waals surface area contributed by atoms with Gasteiger partial charge in [-0.25, -0.2) is 0 Å². The number of rotatable bonds is 2. The van der Waals surface area contributed by atoms with Crippen LogP contribution in [-0.2, 0) is 9.59 Å².